The van der Waals surface area contributed by atoms with Crippen LogP contribution in [0, 0.1) is 6.92 Å². The van der Waals surface area contributed by atoms with Gasteiger partial charge in [0.25, 0.3) is 0 Å². The lowest BCUT2D eigenvalue weighted by Crippen LogP contribution is -2.40. The maximum atomic E-state index is 12.2. The van der Waals surface area contributed by atoms with Gasteiger partial charge in [-0.2, -0.15) is 0 Å². The van der Waals surface area contributed by atoms with Gasteiger partial charge in [0.1, 0.15) is 5.75 Å². The molecular weight excluding hydrogens is 374 g/mol. The van der Waals surface area contributed by atoms with E-state index in [1.807, 2.05) is 18.4 Å². The molecule has 0 aliphatic heterocycles. The van der Waals surface area contributed by atoms with Crippen molar-refractivity contribution in [2.75, 3.05) is 27.2 Å². The molecule has 0 spiro atoms. The Hall–Kier alpha value is -2.10. The number of nitrogens with one attached hydrogen (secondary N) is 2. The lowest BCUT2D eigenvalue weighted by atomic mass is 10.3. The van der Waals surface area contributed by atoms with Gasteiger partial charge in [-0.1, -0.05) is 0 Å². The number of ether oxygens (including phenoxy) is 1. The molecule has 0 unspecified atom stereocenters. The predicted octanol–water partition coefficient (Wildman–Crippen LogP) is 2.19. The molecule has 9 heteroatoms. The van der Waals surface area contributed by atoms with Crippen molar-refractivity contribution in [2.45, 2.75) is 18.4 Å². The third kappa shape index (κ3) is 5.45. The van der Waals surface area contributed by atoms with Gasteiger partial charge in [-0.05, 0) is 48.2 Å². The summed E-state index contributed by atoms with van der Waals surface area (Å²) >= 11 is 1.60. The summed E-state index contributed by atoms with van der Waals surface area (Å²) in [5.74, 6) is 0.584. The number of hydrogen-bond acceptors (Lipinski definition) is 5. The molecule has 2 aromatic rings. The number of urea groups is 1. The minimum Gasteiger partial charge on any atom is -0.497 e. The highest BCUT2D eigenvalue weighted by atomic mass is 32.2. The first-order chi connectivity index (χ1) is 12.3. The molecule has 2 amide bonds. The zero-order chi connectivity index (χ0) is 19.2. The van der Waals surface area contributed by atoms with Crippen LogP contribution in [0.1, 0.15) is 10.4 Å². The molecule has 0 saturated heterocycles. The van der Waals surface area contributed by atoms with E-state index in [1.54, 1.807) is 35.4 Å². The second-order valence-corrected chi connectivity index (χ2v) is 8.46. The molecule has 26 heavy (non-hydrogen) atoms. The number of methoxy groups -OCH3 is 1. The minimum absolute atomic E-state index is 0.103. The minimum atomic E-state index is -3.62. The maximum Gasteiger partial charge on any atom is 0.317 e. The molecule has 0 aliphatic carbocycles. The summed E-state index contributed by atoms with van der Waals surface area (Å²) in [5, 5.41) is 4.69. The largest absolute Gasteiger partial charge is 0.497 e. The highest BCUT2D eigenvalue weighted by molar-refractivity contribution is 7.89. The lowest BCUT2D eigenvalue weighted by molar-refractivity contribution is 0.207. The summed E-state index contributed by atoms with van der Waals surface area (Å²) in [7, 11) is -0.399. The number of thiophene rings is 1. The molecule has 0 bridgehead atoms. The average Bonchev–Trinajstić information content (AvgIpc) is 3.03. The van der Waals surface area contributed by atoms with Crippen LogP contribution >= 0.6 is 11.3 Å². The number of carbonyl (C=O) groups is 1. The number of amides is 2. The Morgan fingerprint density at radius 3 is 2.46 bits per heavy atom. The number of rotatable bonds is 8. The Morgan fingerprint density at radius 2 is 1.88 bits per heavy atom. The summed E-state index contributed by atoms with van der Waals surface area (Å²) in [6, 6.07) is 7.87. The summed E-state index contributed by atoms with van der Waals surface area (Å²) in [6.45, 7) is 2.83. The second kappa shape index (κ2) is 9.02. The molecule has 0 aliphatic rings. The maximum absolute atomic E-state index is 12.2. The molecular formula is C17H23N3O4S2. The van der Waals surface area contributed by atoms with Gasteiger partial charge in [0.15, 0.2) is 0 Å². The molecule has 1 heterocycles. The number of nitrogens with zero attached hydrogens (tertiary/aromatic N) is 1. The molecule has 0 fully saturated rings. The van der Waals surface area contributed by atoms with Crippen molar-refractivity contribution < 1.29 is 17.9 Å². The van der Waals surface area contributed by atoms with E-state index in [2.05, 4.69) is 10.0 Å². The molecule has 0 saturated carbocycles. The molecule has 1 aromatic heterocycles. The van der Waals surface area contributed by atoms with Crippen LogP contribution in [-0.4, -0.2) is 46.6 Å². The van der Waals surface area contributed by atoms with Crippen molar-refractivity contribution in [1.82, 2.24) is 14.9 Å². The lowest BCUT2D eigenvalue weighted by Gasteiger charge is -2.18. The quantitative estimate of drug-likeness (QED) is 0.669. The van der Waals surface area contributed by atoms with E-state index in [0.29, 0.717) is 12.3 Å². The van der Waals surface area contributed by atoms with E-state index < -0.39 is 10.0 Å². The zero-order valence-electron chi connectivity index (χ0n) is 15.0. The summed E-state index contributed by atoms with van der Waals surface area (Å²) < 4.78 is 31.8. The number of carbonyl (C=O) groups excluding carboxylic acids is 1. The van der Waals surface area contributed by atoms with Crippen molar-refractivity contribution in [2.24, 2.45) is 0 Å². The SMILES string of the molecule is COc1ccc(S(=O)(=O)NCCNC(=O)N(C)Cc2sccc2C)cc1. The molecule has 0 radical (unpaired) electrons. The van der Waals surface area contributed by atoms with E-state index in [-0.39, 0.29) is 24.0 Å². The van der Waals surface area contributed by atoms with Gasteiger partial charge in [-0.25, -0.2) is 17.9 Å². The van der Waals surface area contributed by atoms with Gasteiger partial charge in [0, 0.05) is 25.0 Å². The summed E-state index contributed by atoms with van der Waals surface area (Å²) in [4.78, 5) is 14.9. The van der Waals surface area contributed by atoms with E-state index in [1.165, 1.54) is 19.2 Å². The standard InChI is InChI=1S/C17H23N3O4S2/c1-13-8-11-25-16(13)12-20(2)17(21)18-9-10-19-26(22,23)15-6-4-14(24-3)5-7-15/h4-8,11,19H,9-10,12H2,1-3H3,(H,18,21). The van der Waals surface area contributed by atoms with Gasteiger partial charge in [0.2, 0.25) is 10.0 Å². The van der Waals surface area contributed by atoms with Crippen LogP contribution in [0.2, 0.25) is 0 Å². The van der Waals surface area contributed by atoms with E-state index in [0.717, 1.165) is 10.4 Å². The Bertz CT molecular complexity index is 832. The van der Waals surface area contributed by atoms with Crippen LogP contribution < -0.4 is 14.8 Å². The third-order valence-electron chi connectivity index (χ3n) is 3.76. The Labute approximate surface area is 158 Å². The van der Waals surface area contributed by atoms with Gasteiger partial charge in [-0.15, -0.1) is 11.3 Å². The zero-order valence-corrected chi connectivity index (χ0v) is 16.6. The van der Waals surface area contributed by atoms with Crippen molar-refractivity contribution in [3.63, 3.8) is 0 Å². The van der Waals surface area contributed by atoms with Gasteiger partial charge in [-0.3, -0.25) is 0 Å². The van der Waals surface area contributed by atoms with Crippen LogP contribution in [0.15, 0.2) is 40.6 Å². The van der Waals surface area contributed by atoms with E-state index in [9.17, 15) is 13.2 Å². The first-order valence-corrected chi connectivity index (χ1v) is 10.4. The van der Waals surface area contributed by atoms with Crippen LogP contribution in [-0.2, 0) is 16.6 Å². The van der Waals surface area contributed by atoms with Crippen LogP contribution in [0.25, 0.3) is 0 Å². The number of hydrogen-bond donors (Lipinski definition) is 2. The molecule has 1 aromatic carbocycles. The van der Waals surface area contributed by atoms with Crippen molar-refractivity contribution >= 4 is 27.4 Å². The van der Waals surface area contributed by atoms with Crippen LogP contribution in [0.5, 0.6) is 5.75 Å². The molecule has 2 N–H and O–H groups in total. The van der Waals surface area contributed by atoms with Gasteiger partial charge in [0.05, 0.1) is 18.6 Å². The van der Waals surface area contributed by atoms with E-state index in [4.69, 9.17) is 4.74 Å². The fourth-order valence-electron chi connectivity index (χ4n) is 2.18. The predicted molar refractivity (Wildman–Crippen MR) is 102 cm³/mol. The number of benzene rings is 1. The summed E-state index contributed by atoms with van der Waals surface area (Å²) in [6.07, 6.45) is 0. The average molecular weight is 398 g/mol. The van der Waals surface area contributed by atoms with Gasteiger partial charge >= 0.3 is 6.03 Å². The highest BCUT2D eigenvalue weighted by Crippen LogP contribution is 2.17. The second-order valence-electron chi connectivity index (χ2n) is 5.69. The van der Waals surface area contributed by atoms with E-state index >= 15 is 0 Å². The third-order valence-corrected chi connectivity index (χ3v) is 6.24. The normalized spacial score (nSPS) is 11.2. The monoisotopic (exact) mass is 397 g/mol. The highest BCUT2D eigenvalue weighted by Gasteiger charge is 2.14. The number of aryl methyl sites for hydroxylation is 1. The van der Waals surface area contributed by atoms with Crippen LogP contribution in [0.3, 0.4) is 0 Å². The Morgan fingerprint density at radius 1 is 1.19 bits per heavy atom. The topological polar surface area (TPSA) is 87.7 Å². The summed E-state index contributed by atoms with van der Waals surface area (Å²) in [5.41, 5.74) is 1.15. The smallest absolute Gasteiger partial charge is 0.317 e. The van der Waals surface area contributed by atoms with Crippen LogP contribution in [0.4, 0.5) is 4.79 Å². The van der Waals surface area contributed by atoms with Crippen molar-refractivity contribution in [1.29, 1.82) is 0 Å². The first kappa shape index (κ1) is 20.2. The first-order valence-electron chi connectivity index (χ1n) is 7.99. The van der Waals surface area contributed by atoms with Gasteiger partial charge < -0.3 is 15.0 Å². The van der Waals surface area contributed by atoms with Crippen molar-refractivity contribution in [3.8, 4) is 5.75 Å². The molecule has 0 atom stereocenters. The fraction of sp³-hybridized carbons (Fsp3) is 0.353. The number of sulfonamides is 1. The fourth-order valence-corrected chi connectivity index (χ4v) is 4.17. The Balaban J connectivity index is 1.78. The van der Waals surface area contributed by atoms with Crippen molar-refractivity contribution in [3.05, 3.63) is 46.2 Å². The molecule has 7 nitrogen and oxygen atoms in total. The Kier molecular flexibility index (Phi) is 7.01. The molecule has 142 valence electrons. The molecule has 2 rings (SSSR count).